The van der Waals surface area contributed by atoms with Crippen LogP contribution in [0.1, 0.15) is 49.2 Å². The number of ketones is 2. The summed E-state index contributed by atoms with van der Waals surface area (Å²) in [5.74, 6) is -3.81. The van der Waals surface area contributed by atoms with Gasteiger partial charge >= 0.3 is 0 Å². The van der Waals surface area contributed by atoms with Gasteiger partial charge in [0.15, 0.2) is 11.6 Å². The van der Waals surface area contributed by atoms with Crippen LogP contribution in [0.4, 0.5) is 0 Å². The molecule has 3 atom stereocenters. The number of aromatic hydroxyl groups is 4. The van der Waals surface area contributed by atoms with E-state index in [1.165, 1.54) is 24.3 Å². The molecule has 0 bridgehead atoms. The van der Waals surface area contributed by atoms with E-state index < -0.39 is 17.8 Å². The lowest BCUT2D eigenvalue weighted by Gasteiger charge is -2.39. The van der Waals surface area contributed by atoms with Crippen LogP contribution in [-0.4, -0.2) is 32.0 Å². The molecule has 36 heavy (non-hydrogen) atoms. The molecule has 180 valence electrons. The lowest BCUT2D eigenvalue weighted by Crippen LogP contribution is -2.37. The van der Waals surface area contributed by atoms with Gasteiger partial charge in [-0.2, -0.15) is 0 Å². The van der Waals surface area contributed by atoms with Gasteiger partial charge < -0.3 is 20.4 Å². The highest BCUT2D eigenvalue weighted by Gasteiger charge is 2.45. The summed E-state index contributed by atoms with van der Waals surface area (Å²) in [6.45, 7) is 0. The fraction of sp³-hybridized carbons (Fsp3) is 0.133. The highest BCUT2D eigenvalue weighted by molar-refractivity contribution is 6.06. The van der Waals surface area contributed by atoms with Gasteiger partial charge in [0.2, 0.25) is 0 Å². The number of carbonyl (C=O) groups is 2. The van der Waals surface area contributed by atoms with Gasteiger partial charge in [0.05, 0.1) is 17.0 Å². The molecule has 0 saturated carbocycles. The third kappa shape index (κ3) is 4.07. The zero-order valence-electron chi connectivity index (χ0n) is 19.2. The van der Waals surface area contributed by atoms with Gasteiger partial charge in [-0.1, -0.05) is 54.6 Å². The summed E-state index contributed by atoms with van der Waals surface area (Å²) in [4.78, 5) is 28.0. The van der Waals surface area contributed by atoms with Crippen molar-refractivity contribution in [3.63, 3.8) is 0 Å². The number of benzene rings is 4. The zero-order valence-corrected chi connectivity index (χ0v) is 19.2. The molecule has 0 unspecified atom stereocenters. The molecule has 0 aromatic heterocycles. The van der Waals surface area contributed by atoms with Crippen molar-refractivity contribution in [1.82, 2.24) is 0 Å². The number of phenols is 4. The summed E-state index contributed by atoms with van der Waals surface area (Å²) < 4.78 is 0. The molecule has 4 N–H and O–H groups in total. The van der Waals surface area contributed by atoms with Gasteiger partial charge in [-0.15, -0.1) is 0 Å². The second-order valence-electron chi connectivity index (χ2n) is 9.05. The Hall–Kier alpha value is -4.58. The third-order valence-corrected chi connectivity index (χ3v) is 6.92. The molecule has 0 saturated heterocycles. The van der Waals surface area contributed by atoms with Crippen LogP contribution in [0.3, 0.4) is 0 Å². The van der Waals surface area contributed by atoms with Crippen LogP contribution in [-0.2, 0) is 6.42 Å². The van der Waals surface area contributed by atoms with Crippen LogP contribution in [0, 0.1) is 5.92 Å². The van der Waals surface area contributed by atoms with Gasteiger partial charge in [0, 0.05) is 24.0 Å². The summed E-state index contributed by atoms with van der Waals surface area (Å²) in [5.41, 5.74) is 2.49. The number of Topliss-reactive ketones (excluding diaryl/α,β-unsaturated/α-hetero) is 2. The second-order valence-corrected chi connectivity index (χ2v) is 9.05. The van der Waals surface area contributed by atoms with Gasteiger partial charge in [0.1, 0.15) is 23.0 Å². The van der Waals surface area contributed by atoms with E-state index in [1.54, 1.807) is 0 Å². The fourth-order valence-electron chi connectivity index (χ4n) is 5.30. The van der Waals surface area contributed by atoms with Crippen LogP contribution >= 0.6 is 0 Å². The molecule has 4 aromatic rings. The minimum Gasteiger partial charge on any atom is -0.508 e. The largest absolute Gasteiger partial charge is 0.508 e. The molecule has 4 aromatic carbocycles. The zero-order chi connectivity index (χ0) is 25.4. The van der Waals surface area contributed by atoms with E-state index in [9.17, 15) is 30.0 Å². The third-order valence-electron chi connectivity index (χ3n) is 6.92. The summed E-state index contributed by atoms with van der Waals surface area (Å²) in [6, 6.07) is 24.4. The normalized spacial score (nSPS) is 18.8. The van der Waals surface area contributed by atoms with E-state index in [2.05, 4.69) is 0 Å². The summed E-state index contributed by atoms with van der Waals surface area (Å²) >= 11 is 0. The van der Waals surface area contributed by atoms with E-state index in [-0.39, 0.29) is 45.7 Å². The Morgan fingerprint density at radius 2 is 1.19 bits per heavy atom. The number of fused-ring (bicyclic) bond motifs is 1. The van der Waals surface area contributed by atoms with Crippen LogP contribution in [0.25, 0.3) is 0 Å². The van der Waals surface area contributed by atoms with E-state index in [4.69, 9.17) is 0 Å². The number of phenolic OH excluding ortho intramolecular Hbond substituents is 4. The Morgan fingerprint density at radius 1 is 0.639 bits per heavy atom. The Balaban J connectivity index is 1.71. The molecular formula is C30H24O6. The Labute approximate surface area is 207 Å². The maximum atomic E-state index is 14.1. The lowest BCUT2D eigenvalue weighted by molar-refractivity contribution is 0.0840. The number of hydrogen-bond acceptors (Lipinski definition) is 6. The molecule has 1 aliphatic rings. The molecule has 5 rings (SSSR count). The molecule has 0 radical (unpaired) electrons. The lowest BCUT2D eigenvalue weighted by atomic mass is 9.62. The Morgan fingerprint density at radius 3 is 1.81 bits per heavy atom. The SMILES string of the molecule is O=C(c1ccc(O)cc1O)[C@@H]1Cc2ccccc2[C@H](C(=O)c2ccc(O)cc2O)[C@@H]1c1ccccc1. The van der Waals surface area contributed by atoms with Crippen molar-refractivity contribution >= 4 is 11.6 Å². The van der Waals surface area contributed by atoms with Crippen molar-refractivity contribution in [3.8, 4) is 23.0 Å². The smallest absolute Gasteiger partial charge is 0.174 e. The highest BCUT2D eigenvalue weighted by atomic mass is 16.3. The number of hydrogen-bond donors (Lipinski definition) is 4. The average molecular weight is 481 g/mol. The van der Waals surface area contributed by atoms with Gasteiger partial charge in [0.25, 0.3) is 0 Å². The minimum absolute atomic E-state index is 0.0501. The summed E-state index contributed by atoms with van der Waals surface area (Å²) in [6.07, 6.45) is 0.347. The molecular weight excluding hydrogens is 456 g/mol. The molecule has 6 nitrogen and oxygen atoms in total. The average Bonchev–Trinajstić information content (AvgIpc) is 2.87. The maximum absolute atomic E-state index is 14.1. The first kappa shape index (κ1) is 23.2. The quantitative estimate of drug-likeness (QED) is 0.288. The molecule has 0 spiro atoms. The van der Waals surface area contributed by atoms with Crippen molar-refractivity contribution in [3.05, 3.63) is 119 Å². The van der Waals surface area contributed by atoms with E-state index in [1.807, 2.05) is 54.6 Å². The van der Waals surface area contributed by atoms with Crippen LogP contribution in [0.15, 0.2) is 91.0 Å². The maximum Gasteiger partial charge on any atom is 0.174 e. The highest BCUT2D eigenvalue weighted by Crippen LogP contribution is 2.49. The molecule has 0 heterocycles. The molecule has 0 amide bonds. The van der Waals surface area contributed by atoms with Crippen LogP contribution in [0.2, 0.25) is 0 Å². The van der Waals surface area contributed by atoms with Crippen molar-refractivity contribution in [2.75, 3.05) is 0 Å². The summed E-state index contributed by atoms with van der Waals surface area (Å²) in [5, 5.41) is 40.4. The van der Waals surface area contributed by atoms with E-state index in [0.29, 0.717) is 6.42 Å². The number of carbonyl (C=O) groups excluding carboxylic acids is 2. The predicted molar refractivity (Wildman–Crippen MR) is 134 cm³/mol. The van der Waals surface area contributed by atoms with Gasteiger partial charge in [-0.05, 0) is 47.4 Å². The monoisotopic (exact) mass is 480 g/mol. The molecule has 6 heteroatoms. The van der Waals surface area contributed by atoms with Crippen molar-refractivity contribution in [1.29, 1.82) is 0 Å². The van der Waals surface area contributed by atoms with Crippen LogP contribution < -0.4 is 0 Å². The first-order chi connectivity index (χ1) is 17.3. The Bertz CT molecular complexity index is 1460. The standard InChI is InChI=1S/C30H24O6/c31-19-10-12-22(25(33)15-19)29(35)24-14-18-8-4-5-9-21(18)28(27(24)17-6-2-1-3-7-17)30(36)23-13-11-20(32)16-26(23)34/h1-13,15-16,24,27-28,31-34H,14H2/t24-,27-,28+/m1/s1. The topological polar surface area (TPSA) is 115 Å². The first-order valence-corrected chi connectivity index (χ1v) is 11.6. The molecule has 0 fully saturated rings. The minimum atomic E-state index is -0.805. The van der Waals surface area contributed by atoms with Crippen LogP contribution in [0.5, 0.6) is 23.0 Å². The van der Waals surface area contributed by atoms with Gasteiger partial charge in [-0.25, -0.2) is 0 Å². The fourth-order valence-corrected chi connectivity index (χ4v) is 5.30. The summed E-state index contributed by atoms with van der Waals surface area (Å²) in [7, 11) is 0. The Kier molecular flexibility index (Phi) is 5.94. The van der Waals surface area contributed by atoms with Crippen molar-refractivity contribution < 1.29 is 30.0 Å². The molecule has 1 aliphatic carbocycles. The predicted octanol–water partition coefficient (Wildman–Crippen LogP) is 5.31. The molecule has 0 aliphatic heterocycles. The van der Waals surface area contributed by atoms with Crippen molar-refractivity contribution in [2.45, 2.75) is 18.3 Å². The second kappa shape index (κ2) is 9.23. The van der Waals surface area contributed by atoms with E-state index in [0.717, 1.165) is 28.8 Å². The van der Waals surface area contributed by atoms with E-state index >= 15 is 0 Å². The number of rotatable bonds is 5. The van der Waals surface area contributed by atoms with Gasteiger partial charge in [-0.3, -0.25) is 9.59 Å². The first-order valence-electron chi connectivity index (χ1n) is 11.6. The van der Waals surface area contributed by atoms with Crippen molar-refractivity contribution in [2.24, 2.45) is 5.92 Å².